The van der Waals surface area contributed by atoms with Gasteiger partial charge in [0.15, 0.2) is 6.20 Å². The lowest BCUT2D eigenvalue weighted by molar-refractivity contribution is -0.613. The van der Waals surface area contributed by atoms with Gasteiger partial charge in [-0.1, -0.05) is 30.3 Å². The molecule has 0 saturated heterocycles. The van der Waals surface area contributed by atoms with Crippen LogP contribution in [0.5, 0.6) is 5.88 Å². The molecule has 0 aliphatic rings. The molecule has 0 unspecified atom stereocenters. The Labute approximate surface area is 88.1 Å². The fraction of sp³-hybridized carbons (Fsp3) is 0.0833. The Bertz CT molecular complexity index is 429. The maximum atomic E-state index is 11.2. The average molecular weight is 201 g/mol. The molecule has 3 nitrogen and oxygen atoms in total. The van der Waals surface area contributed by atoms with Crippen LogP contribution < -0.4 is 9.47 Å². The molecule has 15 heavy (non-hydrogen) atoms. The van der Waals surface area contributed by atoms with Crippen LogP contribution in [0.4, 0.5) is 0 Å². The molecule has 2 rings (SSSR count). The van der Waals surface area contributed by atoms with E-state index in [2.05, 4.69) is 0 Å². The fourth-order valence-electron chi connectivity index (χ4n) is 1.26. The van der Waals surface area contributed by atoms with Crippen LogP contribution in [0.2, 0.25) is 0 Å². The van der Waals surface area contributed by atoms with Gasteiger partial charge >= 0.3 is 5.88 Å². The molecule has 0 saturated carbocycles. The summed E-state index contributed by atoms with van der Waals surface area (Å²) in [6, 6.07) is 14.8. The van der Waals surface area contributed by atoms with E-state index < -0.39 is 0 Å². The zero-order valence-corrected chi connectivity index (χ0v) is 8.17. The van der Waals surface area contributed by atoms with Crippen molar-refractivity contribution in [1.29, 1.82) is 0 Å². The van der Waals surface area contributed by atoms with Crippen LogP contribution in [0.15, 0.2) is 54.7 Å². The molecule has 0 spiro atoms. The molecule has 0 radical (unpaired) electrons. The number of aromatic nitrogens is 1. The molecule has 3 heteroatoms. The first kappa shape index (κ1) is 9.52. The van der Waals surface area contributed by atoms with E-state index in [0.29, 0.717) is 17.2 Å². The zero-order valence-electron chi connectivity index (χ0n) is 8.17. The summed E-state index contributed by atoms with van der Waals surface area (Å²) in [7, 11) is 0. The molecular formula is C12H11NO2. The molecule has 76 valence electrons. The third kappa shape index (κ3) is 2.47. The summed E-state index contributed by atoms with van der Waals surface area (Å²) >= 11 is 0. The minimum atomic E-state index is 0.321. The van der Waals surface area contributed by atoms with Gasteiger partial charge in [0.2, 0.25) is 0 Å². The monoisotopic (exact) mass is 201 g/mol. The van der Waals surface area contributed by atoms with Gasteiger partial charge in [-0.3, -0.25) is 0 Å². The van der Waals surface area contributed by atoms with Crippen molar-refractivity contribution in [2.24, 2.45) is 0 Å². The van der Waals surface area contributed by atoms with Crippen LogP contribution >= 0.6 is 0 Å². The molecule has 0 bridgehead atoms. The molecule has 0 aliphatic heterocycles. The SMILES string of the molecule is [O-][n+]1ccccc1OCc1ccccc1. The first-order valence-electron chi connectivity index (χ1n) is 4.71. The highest BCUT2D eigenvalue weighted by Crippen LogP contribution is 2.06. The van der Waals surface area contributed by atoms with Crippen molar-refractivity contribution in [2.45, 2.75) is 6.61 Å². The number of hydrogen-bond donors (Lipinski definition) is 0. The highest BCUT2D eigenvalue weighted by atomic mass is 16.5. The van der Waals surface area contributed by atoms with Gasteiger partial charge in [0.1, 0.15) is 6.61 Å². The minimum absolute atomic E-state index is 0.321. The largest absolute Gasteiger partial charge is 0.616 e. The van der Waals surface area contributed by atoms with E-state index in [1.807, 2.05) is 30.3 Å². The number of nitrogens with zero attached hydrogens (tertiary/aromatic N) is 1. The van der Waals surface area contributed by atoms with Crippen molar-refractivity contribution >= 4 is 0 Å². The molecule has 0 aliphatic carbocycles. The van der Waals surface area contributed by atoms with Gasteiger partial charge < -0.3 is 9.94 Å². The van der Waals surface area contributed by atoms with Gasteiger partial charge in [-0.15, -0.1) is 4.73 Å². The van der Waals surface area contributed by atoms with Crippen molar-refractivity contribution in [3.05, 3.63) is 65.5 Å². The highest BCUT2D eigenvalue weighted by Gasteiger charge is 2.03. The average Bonchev–Trinajstić information content (AvgIpc) is 2.29. The molecule has 0 amide bonds. The Hall–Kier alpha value is -2.03. The predicted octanol–water partition coefficient (Wildman–Crippen LogP) is 1.90. The predicted molar refractivity (Wildman–Crippen MR) is 56.2 cm³/mol. The van der Waals surface area contributed by atoms with Gasteiger partial charge in [-0.05, 0) is 11.6 Å². The lowest BCUT2D eigenvalue weighted by Crippen LogP contribution is -2.27. The first-order chi connectivity index (χ1) is 7.36. The minimum Gasteiger partial charge on any atom is -0.616 e. The van der Waals surface area contributed by atoms with Gasteiger partial charge in [0.25, 0.3) is 0 Å². The molecule has 0 N–H and O–H groups in total. The maximum Gasteiger partial charge on any atom is 0.379 e. The van der Waals surface area contributed by atoms with Crippen LogP contribution in [0.25, 0.3) is 0 Å². The van der Waals surface area contributed by atoms with Crippen molar-refractivity contribution in [1.82, 2.24) is 0 Å². The Balaban J connectivity index is 2.03. The summed E-state index contributed by atoms with van der Waals surface area (Å²) in [5.74, 6) is 0.321. The summed E-state index contributed by atoms with van der Waals surface area (Å²) in [6.45, 7) is 0.410. The van der Waals surface area contributed by atoms with Gasteiger partial charge in [-0.2, -0.15) is 0 Å². The van der Waals surface area contributed by atoms with E-state index in [1.165, 1.54) is 6.20 Å². The fourth-order valence-corrected chi connectivity index (χ4v) is 1.26. The van der Waals surface area contributed by atoms with Crippen molar-refractivity contribution < 1.29 is 9.47 Å². The van der Waals surface area contributed by atoms with Crippen molar-refractivity contribution in [2.75, 3.05) is 0 Å². The molecule has 2 aromatic rings. The van der Waals surface area contributed by atoms with E-state index >= 15 is 0 Å². The van der Waals surface area contributed by atoms with E-state index in [-0.39, 0.29) is 0 Å². The lowest BCUT2D eigenvalue weighted by atomic mass is 10.2. The summed E-state index contributed by atoms with van der Waals surface area (Å²) in [4.78, 5) is 0. The Kier molecular flexibility index (Phi) is 2.83. The van der Waals surface area contributed by atoms with E-state index in [9.17, 15) is 5.21 Å². The van der Waals surface area contributed by atoms with Crippen molar-refractivity contribution in [3.63, 3.8) is 0 Å². The number of benzene rings is 1. The Morgan fingerprint density at radius 1 is 1.00 bits per heavy atom. The first-order valence-corrected chi connectivity index (χ1v) is 4.71. The van der Waals surface area contributed by atoms with Gasteiger partial charge in [-0.25, -0.2) is 0 Å². The number of ether oxygens (including phenoxy) is 1. The smallest absolute Gasteiger partial charge is 0.379 e. The normalized spacial score (nSPS) is 9.87. The lowest BCUT2D eigenvalue weighted by Gasteiger charge is -2.05. The van der Waals surface area contributed by atoms with Crippen LogP contribution in [-0.4, -0.2) is 0 Å². The zero-order chi connectivity index (χ0) is 10.5. The summed E-state index contributed by atoms with van der Waals surface area (Å²) in [5, 5.41) is 11.2. The second-order valence-corrected chi connectivity index (χ2v) is 3.14. The number of rotatable bonds is 3. The van der Waals surface area contributed by atoms with Crippen LogP contribution in [0, 0.1) is 5.21 Å². The Morgan fingerprint density at radius 2 is 1.73 bits per heavy atom. The second-order valence-electron chi connectivity index (χ2n) is 3.14. The summed E-state index contributed by atoms with van der Waals surface area (Å²) in [5.41, 5.74) is 1.04. The van der Waals surface area contributed by atoms with E-state index in [4.69, 9.17) is 4.74 Å². The quantitative estimate of drug-likeness (QED) is 0.561. The van der Waals surface area contributed by atoms with E-state index in [1.54, 1.807) is 18.2 Å². The standard InChI is InChI=1S/C12H11NO2/c14-13-9-5-4-8-12(13)15-10-11-6-2-1-3-7-11/h1-9H,10H2. The van der Waals surface area contributed by atoms with Crippen LogP contribution in [0.1, 0.15) is 5.56 Å². The number of hydrogen-bond acceptors (Lipinski definition) is 2. The number of pyridine rings is 1. The topological polar surface area (TPSA) is 36.2 Å². The van der Waals surface area contributed by atoms with E-state index in [0.717, 1.165) is 5.56 Å². The molecular weight excluding hydrogens is 190 g/mol. The van der Waals surface area contributed by atoms with Gasteiger partial charge in [0, 0.05) is 6.07 Å². The van der Waals surface area contributed by atoms with Crippen LogP contribution in [-0.2, 0) is 6.61 Å². The summed E-state index contributed by atoms with van der Waals surface area (Å²) < 4.78 is 6.08. The molecule has 1 aromatic heterocycles. The molecule has 0 atom stereocenters. The third-order valence-corrected chi connectivity index (χ3v) is 2.02. The van der Waals surface area contributed by atoms with Crippen LogP contribution in [0.3, 0.4) is 0 Å². The van der Waals surface area contributed by atoms with Crippen molar-refractivity contribution in [3.8, 4) is 5.88 Å². The summed E-state index contributed by atoms with van der Waals surface area (Å²) in [6.07, 6.45) is 1.42. The molecule has 1 aromatic carbocycles. The highest BCUT2D eigenvalue weighted by molar-refractivity contribution is 5.14. The Morgan fingerprint density at radius 3 is 2.47 bits per heavy atom. The molecule has 1 heterocycles. The second kappa shape index (κ2) is 4.46. The third-order valence-electron chi connectivity index (χ3n) is 2.02. The molecule has 0 fully saturated rings. The van der Waals surface area contributed by atoms with Gasteiger partial charge in [0.05, 0.1) is 6.07 Å². The maximum absolute atomic E-state index is 11.2.